The molecule has 148 valence electrons. The first-order valence-corrected chi connectivity index (χ1v) is 10.3. The van der Waals surface area contributed by atoms with Crippen LogP contribution in [0.5, 0.6) is 0 Å². The second-order valence-electron chi connectivity index (χ2n) is 8.14. The molecular formula is C23H25N5O. The number of benzene rings is 2. The molecule has 0 saturated carbocycles. The van der Waals surface area contributed by atoms with Gasteiger partial charge >= 0.3 is 0 Å². The molecule has 1 spiro atoms. The van der Waals surface area contributed by atoms with Gasteiger partial charge in [0, 0.05) is 37.2 Å². The molecule has 0 atom stereocenters. The third-order valence-electron chi connectivity index (χ3n) is 6.04. The van der Waals surface area contributed by atoms with E-state index >= 15 is 0 Å². The Hall–Kier alpha value is -2.99. The van der Waals surface area contributed by atoms with Crippen molar-refractivity contribution in [1.82, 2.24) is 25.0 Å². The van der Waals surface area contributed by atoms with Crippen molar-refractivity contribution >= 4 is 5.91 Å². The molecule has 2 aliphatic heterocycles. The summed E-state index contributed by atoms with van der Waals surface area (Å²) in [4.78, 5) is 19.9. The van der Waals surface area contributed by atoms with Gasteiger partial charge in [-0.25, -0.2) is 9.67 Å². The second-order valence-corrected chi connectivity index (χ2v) is 8.14. The summed E-state index contributed by atoms with van der Waals surface area (Å²) in [5.41, 5.74) is 2.10. The lowest BCUT2D eigenvalue weighted by atomic mass is 9.84. The molecule has 0 unspecified atom stereocenters. The van der Waals surface area contributed by atoms with Gasteiger partial charge in [0.1, 0.15) is 12.4 Å². The van der Waals surface area contributed by atoms with Gasteiger partial charge < -0.3 is 5.32 Å². The topological polar surface area (TPSA) is 63.1 Å². The smallest absolute Gasteiger partial charge is 0.242 e. The molecule has 29 heavy (non-hydrogen) atoms. The highest BCUT2D eigenvalue weighted by atomic mass is 16.2. The fourth-order valence-corrected chi connectivity index (χ4v) is 4.44. The molecule has 1 fully saturated rings. The zero-order valence-electron chi connectivity index (χ0n) is 16.4. The number of carbonyl (C=O) groups is 1. The van der Waals surface area contributed by atoms with Gasteiger partial charge in [0.25, 0.3) is 0 Å². The number of nitrogens with one attached hydrogen (secondary N) is 1. The Morgan fingerprint density at radius 3 is 2.38 bits per heavy atom. The lowest BCUT2D eigenvalue weighted by Crippen LogP contribution is -2.56. The summed E-state index contributed by atoms with van der Waals surface area (Å²) in [6.45, 7) is 3.13. The van der Waals surface area contributed by atoms with Crippen LogP contribution in [0.4, 0.5) is 0 Å². The molecule has 1 N–H and O–H groups in total. The van der Waals surface area contributed by atoms with Crippen molar-refractivity contribution in [3.05, 3.63) is 72.1 Å². The van der Waals surface area contributed by atoms with Crippen molar-refractivity contribution in [3.63, 3.8) is 0 Å². The van der Waals surface area contributed by atoms with Gasteiger partial charge in [-0.15, -0.1) is 0 Å². The van der Waals surface area contributed by atoms with Crippen LogP contribution in [0, 0.1) is 0 Å². The van der Waals surface area contributed by atoms with Gasteiger partial charge in [-0.1, -0.05) is 60.7 Å². The van der Waals surface area contributed by atoms with Gasteiger partial charge in [-0.05, 0) is 18.4 Å². The molecule has 0 radical (unpaired) electrons. The van der Waals surface area contributed by atoms with E-state index < -0.39 is 0 Å². The zero-order chi connectivity index (χ0) is 19.7. The summed E-state index contributed by atoms with van der Waals surface area (Å²) >= 11 is 0. The molecule has 0 bridgehead atoms. The first-order chi connectivity index (χ1) is 14.2. The van der Waals surface area contributed by atoms with Crippen LogP contribution in [0.25, 0.3) is 11.4 Å². The van der Waals surface area contributed by atoms with Gasteiger partial charge in [-0.2, -0.15) is 5.10 Å². The number of nitrogens with zero attached hydrogens (tertiary/aromatic N) is 4. The van der Waals surface area contributed by atoms with Crippen LogP contribution >= 0.6 is 0 Å². The Labute approximate surface area is 170 Å². The van der Waals surface area contributed by atoms with Gasteiger partial charge in [0.05, 0.1) is 0 Å². The van der Waals surface area contributed by atoms with E-state index in [4.69, 9.17) is 4.98 Å². The molecule has 2 aromatic carbocycles. The van der Waals surface area contributed by atoms with Crippen LogP contribution < -0.4 is 5.32 Å². The number of likely N-dealkylation sites (tertiary alicyclic amines) is 1. The molecule has 6 heteroatoms. The van der Waals surface area contributed by atoms with Crippen molar-refractivity contribution in [3.8, 4) is 11.4 Å². The maximum absolute atomic E-state index is 12.6. The third kappa shape index (κ3) is 3.80. The van der Waals surface area contributed by atoms with E-state index in [0.29, 0.717) is 5.82 Å². The third-order valence-corrected chi connectivity index (χ3v) is 6.04. The molecule has 1 saturated heterocycles. The highest BCUT2D eigenvalue weighted by Gasteiger charge is 2.39. The van der Waals surface area contributed by atoms with Crippen molar-refractivity contribution < 1.29 is 4.79 Å². The predicted molar refractivity (Wildman–Crippen MR) is 111 cm³/mol. The van der Waals surface area contributed by atoms with Crippen LogP contribution in [0.1, 0.15) is 24.2 Å². The summed E-state index contributed by atoms with van der Waals surface area (Å²) in [5, 5.41) is 7.92. The minimum absolute atomic E-state index is 0.0322. The second kappa shape index (κ2) is 7.44. The number of amides is 1. The Kier molecular flexibility index (Phi) is 4.64. The molecular weight excluding hydrogens is 362 g/mol. The summed E-state index contributed by atoms with van der Waals surface area (Å²) in [7, 11) is 0. The van der Waals surface area contributed by atoms with E-state index in [1.807, 2.05) is 30.3 Å². The van der Waals surface area contributed by atoms with Crippen LogP contribution in [0.3, 0.4) is 0 Å². The largest absolute Gasteiger partial charge is 0.349 e. The van der Waals surface area contributed by atoms with Crippen LogP contribution in [-0.2, 0) is 24.3 Å². The molecule has 0 aliphatic carbocycles. The van der Waals surface area contributed by atoms with Gasteiger partial charge in [0.15, 0.2) is 5.82 Å². The van der Waals surface area contributed by atoms with Crippen molar-refractivity contribution in [2.45, 2.75) is 37.9 Å². The number of rotatable bonds is 3. The van der Waals surface area contributed by atoms with Crippen molar-refractivity contribution in [2.24, 2.45) is 0 Å². The van der Waals surface area contributed by atoms with E-state index in [2.05, 4.69) is 45.6 Å². The lowest BCUT2D eigenvalue weighted by molar-refractivity contribution is -0.123. The molecule has 3 aromatic rings. The minimum atomic E-state index is -0.223. The molecule has 6 nitrogen and oxygen atoms in total. The lowest BCUT2D eigenvalue weighted by Gasteiger charge is -2.41. The molecule has 1 aromatic heterocycles. The molecule has 5 rings (SSSR count). The summed E-state index contributed by atoms with van der Waals surface area (Å²) < 4.78 is 1.78. The maximum atomic E-state index is 12.6. The van der Waals surface area contributed by atoms with E-state index in [-0.39, 0.29) is 18.0 Å². The molecule has 1 amide bonds. The monoisotopic (exact) mass is 387 g/mol. The summed E-state index contributed by atoms with van der Waals surface area (Å²) in [5.74, 6) is 1.63. The summed E-state index contributed by atoms with van der Waals surface area (Å²) in [6.07, 6.45) is 2.59. The Bertz CT molecular complexity index is 991. The van der Waals surface area contributed by atoms with E-state index in [1.165, 1.54) is 5.56 Å². The number of aromatic nitrogens is 3. The Balaban J connectivity index is 1.33. The maximum Gasteiger partial charge on any atom is 0.242 e. The fourth-order valence-electron chi connectivity index (χ4n) is 4.44. The quantitative estimate of drug-likeness (QED) is 0.751. The van der Waals surface area contributed by atoms with E-state index in [0.717, 1.165) is 50.3 Å². The van der Waals surface area contributed by atoms with Crippen molar-refractivity contribution in [2.75, 3.05) is 13.1 Å². The first kappa shape index (κ1) is 18.1. The number of hydrogen-bond acceptors (Lipinski definition) is 4. The van der Waals surface area contributed by atoms with Crippen LogP contribution in [0.15, 0.2) is 60.7 Å². The van der Waals surface area contributed by atoms with Crippen molar-refractivity contribution in [1.29, 1.82) is 0 Å². The standard InChI is InChI=1S/C23H25N5O/c29-21-17-28-20(24-22(26-28)19-9-5-2-6-10-19)15-23(25-21)11-13-27(14-12-23)16-18-7-3-1-4-8-18/h1-10H,11-17H2,(H,25,29). The zero-order valence-corrected chi connectivity index (χ0v) is 16.4. The molecule has 2 aliphatic rings. The first-order valence-electron chi connectivity index (χ1n) is 10.3. The highest BCUT2D eigenvalue weighted by Crippen LogP contribution is 2.29. The number of fused-ring (bicyclic) bond motifs is 1. The van der Waals surface area contributed by atoms with E-state index in [9.17, 15) is 4.79 Å². The Morgan fingerprint density at radius 2 is 1.66 bits per heavy atom. The molecule has 3 heterocycles. The average molecular weight is 387 g/mol. The van der Waals surface area contributed by atoms with Crippen LogP contribution in [0.2, 0.25) is 0 Å². The fraction of sp³-hybridized carbons (Fsp3) is 0.348. The average Bonchev–Trinajstić information content (AvgIpc) is 3.07. The number of hydrogen-bond donors (Lipinski definition) is 1. The highest BCUT2D eigenvalue weighted by molar-refractivity contribution is 5.77. The van der Waals surface area contributed by atoms with Gasteiger partial charge in [0.2, 0.25) is 5.91 Å². The normalized spacial score (nSPS) is 18.8. The minimum Gasteiger partial charge on any atom is -0.349 e. The summed E-state index contributed by atoms with van der Waals surface area (Å²) in [6, 6.07) is 20.5. The SMILES string of the molecule is O=C1Cn2nc(-c3ccccc3)nc2CC2(CCN(Cc3ccccc3)CC2)N1. The number of carbonyl (C=O) groups excluding carboxylic acids is 1. The Morgan fingerprint density at radius 1 is 0.966 bits per heavy atom. The predicted octanol–water partition coefficient (Wildman–Crippen LogP) is 2.65. The van der Waals surface area contributed by atoms with Crippen LogP contribution in [-0.4, -0.2) is 44.2 Å². The van der Waals surface area contributed by atoms with Gasteiger partial charge in [-0.3, -0.25) is 9.69 Å². The number of piperidine rings is 1. The van der Waals surface area contributed by atoms with E-state index in [1.54, 1.807) is 4.68 Å².